The number of rotatable bonds is 64. The first-order valence-electron chi connectivity index (χ1n) is 33.6. The maximum atomic E-state index is 13.0. The van der Waals surface area contributed by atoms with Gasteiger partial charge in [0.1, 0.15) is 19.3 Å². The monoisotopic (exact) mass is 1230 g/mol. The lowest BCUT2D eigenvalue weighted by molar-refractivity contribution is -0.161. The summed E-state index contributed by atoms with van der Waals surface area (Å²) in [5.74, 6) is -1.45. The summed E-state index contributed by atoms with van der Waals surface area (Å²) in [5.41, 5.74) is 0. The van der Waals surface area contributed by atoms with E-state index in [9.17, 15) is 43.2 Å². The van der Waals surface area contributed by atoms with E-state index in [0.717, 1.165) is 116 Å². The summed E-state index contributed by atoms with van der Waals surface area (Å²) in [6.45, 7) is 7.00. The van der Waals surface area contributed by atoms with Crippen molar-refractivity contribution in [2.24, 2.45) is 5.92 Å². The molecule has 0 spiro atoms. The summed E-state index contributed by atoms with van der Waals surface area (Å²) in [5, 5.41) is 10.5. The van der Waals surface area contributed by atoms with Crippen molar-refractivity contribution < 1.29 is 80.2 Å². The van der Waals surface area contributed by atoms with E-state index >= 15 is 0 Å². The molecule has 0 saturated carbocycles. The van der Waals surface area contributed by atoms with Crippen molar-refractivity contribution in [1.29, 1.82) is 0 Å². The fourth-order valence-corrected chi connectivity index (χ4v) is 11.2. The van der Waals surface area contributed by atoms with Gasteiger partial charge in [-0.15, -0.1) is 0 Å². The summed E-state index contributed by atoms with van der Waals surface area (Å²) in [4.78, 5) is 71.8. The predicted molar refractivity (Wildman–Crippen MR) is 331 cm³/mol. The van der Waals surface area contributed by atoms with E-state index in [1.807, 2.05) is 0 Å². The third-order valence-corrected chi connectivity index (χ3v) is 16.7. The number of phosphoric ester groups is 2. The first kappa shape index (κ1) is 81.1. The van der Waals surface area contributed by atoms with Crippen molar-refractivity contribution in [1.82, 2.24) is 0 Å². The van der Waals surface area contributed by atoms with Crippen LogP contribution in [0.3, 0.4) is 0 Å². The number of carbonyl (C=O) groups is 4. The van der Waals surface area contributed by atoms with Gasteiger partial charge in [0, 0.05) is 25.7 Å². The first-order chi connectivity index (χ1) is 40.0. The molecule has 0 heterocycles. The number of hydrogen-bond acceptors (Lipinski definition) is 15. The van der Waals surface area contributed by atoms with E-state index in [-0.39, 0.29) is 25.7 Å². The van der Waals surface area contributed by atoms with E-state index in [4.69, 9.17) is 37.0 Å². The minimum Gasteiger partial charge on any atom is -0.462 e. The fourth-order valence-electron chi connectivity index (χ4n) is 9.58. The van der Waals surface area contributed by atoms with Crippen LogP contribution >= 0.6 is 15.6 Å². The highest BCUT2D eigenvalue weighted by molar-refractivity contribution is 7.47. The van der Waals surface area contributed by atoms with Crippen molar-refractivity contribution >= 4 is 39.5 Å². The Hall–Kier alpha value is -1.94. The SMILES string of the molecule is CCCCCCCCCCCCCCCCCCCCCCCC(=O)O[C@H](COC(=O)CCCCCCCCCC(C)C)COP(=O)(O)OC[C@@H](O)COP(=O)(O)OC[C@@H](COC(=O)CCCCCCC)OC(=O)CCCCCCCCC. The van der Waals surface area contributed by atoms with Gasteiger partial charge in [-0.1, -0.05) is 272 Å². The second-order valence-electron chi connectivity index (χ2n) is 23.6. The largest absolute Gasteiger partial charge is 0.472 e. The van der Waals surface area contributed by atoms with Crippen LogP contribution in [0.1, 0.15) is 324 Å². The summed E-state index contributed by atoms with van der Waals surface area (Å²) in [7, 11) is -9.87. The molecule has 3 N–H and O–H groups in total. The van der Waals surface area contributed by atoms with E-state index in [2.05, 4.69) is 34.6 Å². The summed E-state index contributed by atoms with van der Waals surface area (Å²) >= 11 is 0. The lowest BCUT2D eigenvalue weighted by Gasteiger charge is -2.21. The van der Waals surface area contributed by atoms with Crippen LogP contribution in [0.2, 0.25) is 0 Å². The smallest absolute Gasteiger partial charge is 0.462 e. The second kappa shape index (κ2) is 57.8. The minimum absolute atomic E-state index is 0.103. The molecule has 0 radical (unpaired) electrons. The molecule has 2 unspecified atom stereocenters. The van der Waals surface area contributed by atoms with Crippen LogP contribution in [0.15, 0.2) is 0 Å². The Bertz CT molecular complexity index is 1620. The number of hydrogen-bond donors (Lipinski definition) is 3. The van der Waals surface area contributed by atoms with Crippen LogP contribution in [0, 0.1) is 5.92 Å². The topological polar surface area (TPSA) is 237 Å². The van der Waals surface area contributed by atoms with Crippen LogP contribution in [-0.2, 0) is 65.4 Å². The van der Waals surface area contributed by atoms with Gasteiger partial charge in [-0.25, -0.2) is 9.13 Å². The van der Waals surface area contributed by atoms with Gasteiger partial charge in [0.2, 0.25) is 0 Å². The Morgan fingerprint density at radius 3 is 0.819 bits per heavy atom. The maximum Gasteiger partial charge on any atom is 0.472 e. The van der Waals surface area contributed by atoms with Crippen LogP contribution in [0.25, 0.3) is 0 Å². The summed E-state index contributed by atoms with van der Waals surface area (Å²) < 4.78 is 67.6. The third kappa shape index (κ3) is 58.8. The molecule has 0 aliphatic rings. The normalized spacial score (nSPS) is 14.2. The van der Waals surface area contributed by atoms with Crippen LogP contribution in [-0.4, -0.2) is 96.7 Å². The van der Waals surface area contributed by atoms with Crippen LogP contribution in [0.5, 0.6) is 0 Å². The van der Waals surface area contributed by atoms with E-state index in [0.29, 0.717) is 31.6 Å². The lowest BCUT2D eigenvalue weighted by atomic mass is 10.0. The molecule has 0 saturated heterocycles. The highest BCUT2D eigenvalue weighted by Gasteiger charge is 2.30. The summed E-state index contributed by atoms with van der Waals surface area (Å²) in [6.07, 6.45) is 42.6. The lowest BCUT2D eigenvalue weighted by Crippen LogP contribution is -2.30. The van der Waals surface area contributed by atoms with Crippen LogP contribution in [0.4, 0.5) is 0 Å². The molecule has 19 heteroatoms. The molecule has 0 fully saturated rings. The summed E-state index contributed by atoms with van der Waals surface area (Å²) in [6, 6.07) is 0. The number of aliphatic hydroxyl groups is 1. The predicted octanol–water partition coefficient (Wildman–Crippen LogP) is 17.8. The van der Waals surface area contributed by atoms with Gasteiger partial charge in [0.25, 0.3) is 0 Å². The number of esters is 4. The van der Waals surface area contributed by atoms with Crippen molar-refractivity contribution in [3.8, 4) is 0 Å². The van der Waals surface area contributed by atoms with Gasteiger partial charge in [-0.2, -0.15) is 0 Å². The standard InChI is InChI=1S/C64H124O17P2/c1-6-9-12-15-17-18-19-20-21-22-23-24-25-26-27-28-29-30-34-40-45-50-64(69)81-60(54-75-62(67)48-43-38-35-31-33-37-41-46-57(4)5)56-79-83(72,73)77-52-58(65)51-76-82(70,71)78-55-59(53-74-61(66)47-42-36-14-11-8-3)80-63(68)49-44-39-32-16-13-10-7-2/h57-60,65H,6-56H2,1-5H3,(H,70,71)(H,72,73)/t58-,59+,60+/m0/s1. The van der Waals surface area contributed by atoms with Gasteiger partial charge in [0.15, 0.2) is 12.2 Å². The van der Waals surface area contributed by atoms with Crippen molar-refractivity contribution in [3.05, 3.63) is 0 Å². The molecule has 0 amide bonds. The molecule has 492 valence electrons. The number of carbonyl (C=O) groups excluding carboxylic acids is 4. The zero-order valence-corrected chi connectivity index (χ0v) is 55.1. The number of ether oxygens (including phenoxy) is 4. The van der Waals surface area contributed by atoms with E-state index < -0.39 is 97.5 Å². The average Bonchev–Trinajstić information content (AvgIpc) is 3.50. The van der Waals surface area contributed by atoms with E-state index in [1.165, 1.54) is 122 Å². The van der Waals surface area contributed by atoms with Gasteiger partial charge in [-0.05, 0) is 31.6 Å². The second-order valence-corrected chi connectivity index (χ2v) is 26.5. The van der Waals surface area contributed by atoms with Gasteiger partial charge in [-0.3, -0.25) is 37.3 Å². The molecule has 5 atom stereocenters. The van der Waals surface area contributed by atoms with Gasteiger partial charge in [0.05, 0.1) is 26.4 Å². The Kier molecular flexibility index (Phi) is 56.4. The molecule has 0 aromatic rings. The zero-order chi connectivity index (χ0) is 61.3. The number of phosphoric acid groups is 2. The zero-order valence-electron chi connectivity index (χ0n) is 53.3. The Balaban J connectivity index is 5.04. The van der Waals surface area contributed by atoms with Crippen molar-refractivity contribution in [2.75, 3.05) is 39.6 Å². The molecule has 83 heavy (non-hydrogen) atoms. The molecule has 17 nitrogen and oxygen atoms in total. The number of unbranched alkanes of at least 4 members (excludes halogenated alkanes) is 36. The molecular weight excluding hydrogens is 1100 g/mol. The Morgan fingerprint density at radius 2 is 0.554 bits per heavy atom. The fraction of sp³-hybridized carbons (Fsp3) is 0.938. The van der Waals surface area contributed by atoms with E-state index in [1.54, 1.807) is 0 Å². The number of aliphatic hydroxyl groups excluding tert-OH is 1. The highest BCUT2D eigenvalue weighted by atomic mass is 31.2. The minimum atomic E-state index is -4.94. The molecule has 0 bridgehead atoms. The maximum absolute atomic E-state index is 13.0. The van der Waals surface area contributed by atoms with Crippen molar-refractivity contribution in [2.45, 2.75) is 342 Å². The molecule has 0 aliphatic carbocycles. The molecule has 0 aromatic carbocycles. The quantitative estimate of drug-likeness (QED) is 0.0222. The average molecular weight is 1230 g/mol. The van der Waals surface area contributed by atoms with Crippen molar-refractivity contribution in [3.63, 3.8) is 0 Å². The first-order valence-corrected chi connectivity index (χ1v) is 36.6. The van der Waals surface area contributed by atoms with Crippen LogP contribution < -0.4 is 0 Å². The Morgan fingerprint density at radius 1 is 0.325 bits per heavy atom. The molecule has 0 aliphatic heterocycles. The molecule has 0 rings (SSSR count). The Labute approximate surface area is 505 Å². The van der Waals surface area contributed by atoms with Gasteiger partial charge >= 0.3 is 39.5 Å². The third-order valence-electron chi connectivity index (χ3n) is 14.8. The highest BCUT2D eigenvalue weighted by Crippen LogP contribution is 2.45. The molecule has 0 aromatic heterocycles. The molecular formula is C64H124O17P2. The van der Waals surface area contributed by atoms with Gasteiger partial charge < -0.3 is 33.8 Å².